The Labute approximate surface area is 137 Å². The molecular weight excluding hydrogens is 321 g/mol. The Morgan fingerprint density at radius 1 is 1.25 bits per heavy atom. The van der Waals surface area contributed by atoms with E-state index >= 15 is 0 Å². The second-order valence-corrected chi connectivity index (χ2v) is 5.27. The summed E-state index contributed by atoms with van der Waals surface area (Å²) in [6.07, 6.45) is -2.37. The van der Waals surface area contributed by atoms with Crippen LogP contribution in [0.3, 0.4) is 0 Å². The minimum absolute atomic E-state index is 0.0462. The normalized spacial score (nSPS) is 12.5. The first kappa shape index (κ1) is 17.7. The highest BCUT2D eigenvalue weighted by Crippen LogP contribution is 2.30. The average Bonchev–Trinajstić information content (AvgIpc) is 2.54. The van der Waals surface area contributed by atoms with Crippen LogP contribution in [0.1, 0.15) is 36.3 Å². The second kappa shape index (κ2) is 7.29. The predicted molar refractivity (Wildman–Crippen MR) is 84.8 cm³/mol. The SMILES string of the molecule is CCC(C)Nc1cc(C(=O)Nc2cccc(C(F)(F)F)c2)ncn1. The largest absolute Gasteiger partial charge is 0.416 e. The van der Waals surface area contributed by atoms with Crippen LogP contribution >= 0.6 is 0 Å². The van der Waals surface area contributed by atoms with Crippen molar-refractivity contribution >= 4 is 17.4 Å². The van der Waals surface area contributed by atoms with Gasteiger partial charge in [0.2, 0.25) is 0 Å². The van der Waals surface area contributed by atoms with Crippen LogP contribution in [0.4, 0.5) is 24.7 Å². The number of carbonyl (C=O) groups excluding carboxylic acids is 1. The van der Waals surface area contributed by atoms with E-state index in [9.17, 15) is 18.0 Å². The van der Waals surface area contributed by atoms with Crippen molar-refractivity contribution in [2.24, 2.45) is 0 Å². The van der Waals surface area contributed by atoms with Crippen LogP contribution in [0.25, 0.3) is 0 Å². The Hall–Kier alpha value is -2.64. The molecular formula is C16H17F3N4O. The van der Waals surface area contributed by atoms with Gasteiger partial charge in [0.1, 0.15) is 17.8 Å². The molecule has 1 aromatic heterocycles. The molecule has 128 valence electrons. The topological polar surface area (TPSA) is 66.9 Å². The summed E-state index contributed by atoms with van der Waals surface area (Å²) in [4.78, 5) is 20.0. The zero-order valence-corrected chi connectivity index (χ0v) is 13.2. The molecule has 1 amide bonds. The van der Waals surface area contributed by atoms with Gasteiger partial charge in [-0.15, -0.1) is 0 Å². The lowest BCUT2D eigenvalue weighted by atomic mass is 10.2. The van der Waals surface area contributed by atoms with Crippen LogP contribution in [0.2, 0.25) is 0 Å². The number of nitrogens with one attached hydrogen (secondary N) is 2. The number of aromatic nitrogens is 2. The summed E-state index contributed by atoms with van der Waals surface area (Å²) in [5.74, 6) is -0.127. The van der Waals surface area contributed by atoms with Crippen LogP contribution in [0.5, 0.6) is 0 Å². The summed E-state index contributed by atoms with van der Waals surface area (Å²) >= 11 is 0. The van der Waals surface area contributed by atoms with Crippen molar-refractivity contribution in [1.82, 2.24) is 9.97 Å². The van der Waals surface area contributed by atoms with Gasteiger partial charge in [0, 0.05) is 17.8 Å². The van der Waals surface area contributed by atoms with Gasteiger partial charge in [-0.1, -0.05) is 13.0 Å². The van der Waals surface area contributed by atoms with Crippen molar-refractivity contribution in [2.75, 3.05) is 10.6 Å². The van der Waals surface area contributed by atoms with Gasteiger partial charge in [-0.25, -0.2) is 9.97 Å². The number of nitrogens with zero attached hydrogens (tertiary/aromatic N) is 2. The number of halogens is 3. The quantitative estimate of drug-likeness (QED) is 0.866. The maximum absolute atomic E-state index is 12.7. The molecule has 0 aliphatic carbocycles. The number of anilines is 2. The highest BCUT2D eigenvalue weighted by molar-refractivity contribution is 6.03. The fourth-order valence-electron chi connectivity index (χ4n) is 1.88. The van der Waals surface area contributed by atoms with Gasteiger partial charge < -0.3 is 10.6 Å². The maximum Gasteiger partial charge on any atom is 0.416 e. The zero-order valence-electron chi connectivity index (χ0n) is 13.2. The third kappa shape index (κ3) is 4.68. The Morgan fingerprint density at radius 2 is 2.00 bits per heavy atom. The molecule has 0 saturated carbocycles. The van der Waals surface area contributed by atoms with Crippen LogP contribution in [0.15, 0.2) is 36.7 Å². The molecule has 0 spiro atoms. The fourth-order valence-corrected chi connectivity index (χ4v) is 1.88. The molecule has 0 aliphatic rings. The first-order valence-electron chi connectivity index (χ1n) is 7.36. The summed E-state index contributed by atoms with van der Waals surface area (Å²) in [5.41, 5.74) is -0.722. The van der Waals surface area contributed by atoms with E-state index in [0.29, 0.717) is 5.82 Å². The van der Waals surface area contributed by atoms with Crippen molar-refractivity contribution in [2.45, 2.75) is 32.5 Å². The molecule has 2 N–H and O–H groups in total. The van der Waals surface area contributed by atoms with Crippen LogP contribution in [0, 0.1) is 0 Å². The van der Waals surface area contributed by atoms with Crippen molar-refractivity contribution in [3.63, 3.8) is 0 Å². The molecule has 0 saturated heterocycles. The molecule has 0 aliphatic heterocycles. The van der Waals surface area contributed by atoms with Gasteiger partial charge in [-0.05, 0) is 31.5 Å². The van der Waals surface area contributed by atoms with Crippen molar-refractivity contribution in [3.05, 3.63) is 47.9 Å². The lowest BCUT2D eigenvalue weighted by Gasteiger charge is -2.12. The molecule has 0 radical (unpaired) electrons. The van der Waals surface area contributed by atoms with Crippen molar-refractivity contribution in [1.29, 1.82) is 0 Å². The minimum atomic E-state index is -4.47. The smallest absolute Gasteiger partial charge is 0.368 e. The standard InChI is InChI=1S/C16H17F3N4O/c1-3-10(2)22-14-8-13(20-9-21-14)15(24)23-12-6-4-5-11(7-12)16(17,18)19/h4-10H,3H2,1-2H3,(H,23,24)(H,20,21,22). The van der Waals surface area contributed by atoms with Gasteiger partial charge in [0.15, 0.2) is 0 Å². The van der Waals surface area contributed by atoms with E-state index in [0.717, 1.165) is 18.6 Å². The van der Waals surface area contributed by atoms with Gasteiger partial charge in [0.05, 0.1) is 5.56 Å². The molecule has 24 heavy (non-hydrogen) atoms. The highest BCUT2D eigenvalue weighted by atomic mass is 19.4. The summed E-state index contributed by atoms with van der Waals surface area (Å²) < 4.78 is 38.1. The van der Waals surface area contributed by atoms with Gasteiger partial charge in [-0.2, -0.15) is 13.2 Å². The number of benzene rings is 1. The van der Waals surface area contributed by atoms with Gasteiger partial charge in [0.25, 0.3) is 5.91 Å². The third-order valence-electron chi connectivity index (χ3n) is 3.35. The van der Waals surface area contributed by atoms with Crippen LogP contribution < -0.4 is 10.6 Å². The Morgan fingerprint density at radius 3 is 2.67 bits per heavy atom. The molecule has 0 bridgehead atoms. The van der Waals surface area contributed by atoms with Crippen LogP contribution in [-0.2, 0) is 6.18 Å². The van der Waals surface area contributed by atoms with E-state index < -0.39 is 17.6 Å². The van der Waals surface area contributed by atoms with E-state index in [4.69, 9.17) is 0 Å². The van der Waals surface area contributed by atoms with Crippen LogP contribution in [-0.4, -0.2) is 21.9 Å². The van der Waals surface area contributed by atoms with E-state index in [-0.39, 0.29) is 17.4 Å². The number of hydrogen-bond donors (Lipinski definition) is 2. The summed E-state index contributed by atoms with van der Waals surface area (Å²) in [6, 6.07) is 6.04. The third-order valence-corrected chi connectivity index (χ3v) is 3.35. The Balaban J connectivity index is 2.14. The molecule has 5 nitrogen and oxygen atoms in total. The number of rotatable bonds is 5. The van der Waals surface area contributed by atoms with E-state index in [1.54, 1.807) is 0 Å². The zero-order chi connectivity index (χ0) is 17.7. The monoisotopic (exact) mass is 338 g/mol. The first-order chi connectivity index (χ1) is 11.3. The summed E-state index contributed by atoms with van der Waals surface area (Å²) in [7, 11) is 0. The van der Waals surface area contributed by atoms with Crippen molar-refractivity contribution in [3.8, 4) is 0 Å². The Bertz CT molecular complexity index is 718. The summed E-state index contributed by atoms with van der Waals surface area (Å²) in [6.45, 7) is 3.96. The van der Waals surface area contributed by atoms with E-state index in [1.165, 1.54) is 24.5 Å². The van der Waals surface area contributed by atoms with E-state index in [1.807, 2.05) is 13.8 Å². The molecule has 0 fully saturated rings. The van der Waals surface area contributed by atoms with Gasteiger partial charge in [-0.3, -0.25) is 4.79 Å². The molecule has 1 heterocycles. The average molecular weight is 338 g/mol. The second-order valence-electron chi connectivity index (χ2n) is 5.27. The first-order valence-corrected chi connectivity index (χ1v) is 7.36. The highest BCUT2D eigenvalue weighted by Gasteiger charge is 2.30. The molecule has 1 atom stereocenters. The van der Waals surface area contributed by atoms with Crippen molar-refractivity contribution < 1.29 is 18.0 Å². The molecule has 8 heteroatoms. The minimum Gasteiger partial charge on any atom is -0.368 e. The van der Waals surface area contributed by atoms with E-state index in [2.05, 4.69) is 20.6 Å². The number of alkyl halides is 3. The Kier molecular flexibility index (Phi) is 5.38. The number of amides is 1. The van der Waals surface area contributed by atoms with Gasteiger partial charge >= 0.3 is 6.18 Å². The summed E-state index contributed by atoms with van der Waals surface area (Å²) in [5, 5.41) is 5.51. The number of hydrogen-bond acceptors (Lipinski definition) is 4. The maximum atomic E-state index is 12.7. The number of carbonyl (C=O) groups is 1. The molecule has 1 aromatic carbocycles. The molecule has 2 aromatic rings. The lowest BCUT2D eigenvalue weighted by Crippen LogP contribution is -2.18. The predicted octanol–water partition coefficient (Wildman–Crippen LogP) is 3.96. The molecule has 2 rings (SSSR count). The fraction of sp³-hybridized carbons (Fsp3) is 0.312. The molecule has 1 unspecified atom stereocenters. The lowest BCUT2D eigenvalue weighted by molar-refractivity contribution is -0.137.